The molecule has 0 aromatic rings. The first-order valence-corrected chi connectivity index (χ1v) is 7.08. The molecular weight excluding hydrogens is 152 g/mol. The predicted molar refractivity (Wildman–Crippen MR) is 53.5 cm³/mol. The minimum atomic E-state index is -0.748. The summed E-state index contributed by atoms with van der Waals surface area (Å²) >= 11 is 0. The molecule has 0 aliphatic rings. The highest BCUT2D eigenvalue weighted by Gasteiger charge is 2.07. The van der Waals surface area contributed by atoms with Gasteiger partial charge in [-0.1, -0.05) is 38.9 Å². The molecule has 0 heterocycles. The van der Waals surface area contributed by atoms with Crippen LogP contribution in [0.4, 0.5) is 0 Å². The SMILES string of the molecule is C=C(OCC)[SiH](C)CCCC. The molecule has 0 amide bonds. The second-order valence-electron chi connectivity index (χ2n) is 2.94. The van der Waals surface area contributed by atoms with Crippen LogP contribution in [0.5, 0.6) is 0 Å². The number of unbranched alkanes of at least 4 members (excludes halogenated alkanes) is 1. The van der Waals surface area contributed by atoms with Crippen molar-refractivity contribution < 1.29 is 4.74 Å². The molecule has 0 fully saturated rings. The summed E-state index contributed by atoms with van der Waals surface area (Å²) in [5.41, 5.74) is 0. The molecule has 0 spiro atoms. The van der Waals surface area contributed by atoms with Crippen molar-refractivity contribution in [3.8, 4) is 0 Å². The molecule has 0 radical (unpaired) electrons. The fourth-order valence-electron chi connectivity index (χ4n) is 0.999. The Morgan fingerprint density at radius 3 is 2.55 bits per heavy atom. The zero-order valence-electron chi connectivity index (χ0n) is 8.02. The number of ether oxygens (including phenoxy) is 1. The van der Waals surface area contributed by atoms with E-state index in [4.69, 9.17) is 4.74 Å². The van der Waals surface area contributed by atoms with Crippen molar-refractivity contribution in [2.75, 3.05) is 6.61 Å². The minimum Gasteiger partial charge on any atom is -0.504 e. The second kappa shape index (κ2) is 6.47. The Labute approximate surface area is 72.1 Å². The highest BCUT2D eigenvalue weighted by molar-refractivity contribution is 6.64. The minimum absolute atomic E-state index is 0.748. The van der Waals surface area contributed by atoms with Crippen LogP contribution >= 0.6 is 0 Å². The molecule has 0 aromatic carbocycles. The summed E-state index contributed by atoms with van der Waals surface area (Å²) in [6, 6.07) is 1.34. The Morgan fingerprint density at radius 1 is 1.45 bits per heavy atom. The van der Waals surface area contributed by atoms with Crippen molar-refractivity contribution in [2.24, 2.45) is 0 Å². The number of rotatable bonds is 6. The van der Waals surface area contributed by atoms with Crippen LogP contribution in [0.15, 0.2) is 12.0 Å². The van der Waals surface area contributed by atoms with Crippen LogP contribution in [0.1, 0.15) is 26.7 Å². The van der Waals surface area contributed by atoms with Gasteiger partial charge in [-0.3, -0.25) is 0 Å². The van der Waals surface area contributed by atoms with Crippen LogP contribution in [0, 0.1) is 0 Å². The predicted octanol–water partition coefficient (Wildman–Crippen LogP) is 2.73. The summed E-state index contributed by atoms with van der Waals surface area (Å²) in [6.07, 6.45) is 2.62. The maximum absolute atomic E-state index is 5.37. The van der Waals surface area contributed by atoms with Crippen LogP contribution in [0.3, 0.4) is 0 Å². The zero-order valence-corrected chi connectivity index (χ0v) is 9.18. The standard InChI is InChI=1S/C9H20OSi/c1-5-7-8-11(4)9(3)10-6-2/h11H,3,5-8H2,1-2,4H3. The molecule has 0 aliphatic carbocycles. The topological polar surface area (TPSA) is 9.23 Å². The molecule has 1 atom stereocenters. The average molecular weight is 172 g/mol. The van der Waals surface area contributed by atoms with Gasteiger partial charge in [0.15, 0.2) is 0 Å². The largest absolute Gasteiger partial charge is 0.504 e. The van der Waals surface area contributed by atoms with Crippen molar-refractivity contribution in [3.63, 3.8) is 0 Å². The smallest absolute Gasteiger partial charge is 0.111 e. The van der Waals surface area contributed by atoms with E-state index >= 15 is 0 Å². The first kappa shape index (κ1) is 10.8. The summed E-state index contributed by atoms with van der Waals surface area (Å²) in [7, 11) is -0.748. The van der Waals surface area contributed by atoms with Gasteiger partial charge in [-0.05, 0) is 6.92 Å². The van der Waals surface area contributed by atoms with E-state index in [1.807, 2.05) is 6.92 Å². The van der Waals surface area contributed by atoms with Crippen molar-refractivity contribution in [1.82, 2.24) is 0 Å². The Morgan fingerprint density at radius 2 is 2.09 bits per heavy atom. The van der Waals surface area contributed by atoms with Crippen LogP contribution in [-0.2, 0) is 4.74 Å². The van der Waals surface area contributed by atoms with Crippen LogP contribution in [0.2, 0.25) is 12.6 Å². The fourth-order valence-corrected chi connectivity index (χ4v) is 2.79. The van der Waals surface area contributed by atoms with Crippen LogP contribution < -0.4 is 0 Å². The average Bonchev–Trinajstić information content (AvgIpc) is 2.00. The summed E-state index contributed by atoms with van der Waals surface area (Å²) in [5, 5.41) is 1.08. The highest BCUT2D eigenvalue weighted by Crippen LogP contribution is 2.08. The molecule has 2 heteroatoms. The summed E-state index contributed by atoms with van der Waals surface area (Å²) in [6.45, 7) is 11.3. The van der Waals surface area contributed by atoms with E-state index in [0.717, 1.165) is 12.0 Å². The van der Waals surface area contributed by atoms with Crippen molar-refractivity contribution >= 4 is 8.80 Å². The lowest BCUT2D eigenvalue weighted by atomic mass is 10.4. The third kappa shape index (κ3) is 5.07. The molecule has 66 valence electrons. The Hall–Kier alpha value is -0.243. The van der Waals surface area contributed by atoms with Crippen LogP contribution in [-0.4, -0.2) is 15.4 Å². The van der Waals surface area contributed by atoms with Gasteiger partial charge in [-0.25, -0.2) is 0 Å². The molecule has 0 aromatic heterocycles. The van der Waals surface area contributed by atoms with E-state index < -0.39 is 8.80 Å². The molecule has 0 bridgehead atoms. The quantitative estimate of drug-likeness (QED) is 0.442. The monoisotopic (exact) mass is 172 g/mol. The van der Waals surface area contributed by atoms with Gasteiger partial charge in [-0.2, -0.15) is 0 Å². The Balaban J connectivity index is 3.46. The molecule has 0 rings (SSSR count). The molecule has 0 saturated carbocycles. The Kier molecular flexibility index (Phi) is 6.32. The van der Waals surface area contributed by atoms with Gasteiger partial charge < -0.3 is 4.74 Å². The van der Waals surface area contributed by atoms with E-state index in [0.29, 0.717) is 0 Å². The summed E-state index contributed by atoms with van der Waals surface area (Å²) in [5.74, 6) is 0. The van der Waals surface area contributed by atoms with E-state index in [1.165, 1.54) is 18.9 Å². The van der Waals surface area contributed by atoms with E-state index in [1.54, 1.807) is 0 Å². The zero-order chi connectivity index (χ0) is 8.69. The van der Waals surface area contributed by atoms with Crippen molar-refractivity contribution in [2.45, 2.75) is 39.3 Å². The lowest BCUT2D eigenvalue weighted by molar-refractivity contribution is 0.253. The molecule has 1 unspecified atom stereocenters. The van der Waals surface area contributed by atoms with Gasteiger partial charge in [0.25, 0.3) is 0 Å². The van der Waals surface area contributed by atoms with Gasteiger partial charge in [0.2, 0.25) is 0 Å². The molecular formula is C9H20OSi. The lowest BCUT2D eigenvalue weighted by Gasteiger charge is -2.12. The number of hydrogen-bond acceptors (Lipinski definition) is 1. The molecule has 11 heavy (non-hydrogen) atoms. The third-order valence-corrected chi connectivity index (χ3v) is 4.41. The van der Waals surface area contributed by atoms with Crippen molar-refractivity contribution in [1.29, 1.82) is 0 Å². The second-order valence-corrected chi connectivity index (χ2v) is 5.97. The van der Waals surface area contributed by atoms with E-state index in [-0.39, 0.29) is 0 Å². The molecule has 0 N–H and O–H groups in total. The third-order valence-electron chi connectivity index (χ3n) is 1.87. The summed E-state index contributed by atoms with van der Waals surface area (Å²) < 4.78 is 5.37. The first-order valence-electron chi connectivity index (χ1n) is 4.53. The van der Waals surface area contributed by atoms with E-state index in [9.17, 15) is 0 Å². The van der Waals surface area contributed by atoms with Gasteiger partial charge in [0.1, 0.15) is 8.80 Å². The molecule has 0 saturated heterocycles. The maximum atomic E-state index is 5.37. The van der Waals surface area contributed by atoms with Crippen LogP contribution in [0.25, 0.3) is 0 Å². The normalized spacial score (nSPS) is 12.6. The van der Waals surface area contributed by atoms with Gasteiger partial charge in [0.05, 0.1) is 12.0 Å². The van der Waals surface area contributed by atoms with Gasteiger partial charge in [0, 0.05) is 0 Å². The van der Waals surface area contributed by atoms with Gasteiger partial charge in [-0.15, -0.1) is 0 Å². The lowest BCUT2D eigenvalue weighted by Crippen LogP contribution is -2.12. The number of hydrogen-bond donors (Lipinski definition) is 0. The van der Waals surface area contributed by atoms with Gasteiger partial charge >= 0.3 is 0 Å². The maximum Gasteiger partial charge on any atom is 0.111 e. The van der Waals surface area contributed by atoms with E-state index in [2.05, 4.69) is 20.0 Å². The summed E-state index contributed by atoms with van der Waals surface area (Å²) in [4.78, 5) is 0. The molecule has 1 nitrogen and oxygen atoms in total. The highest BCUT2D eigenvalue weighted by atomic mass is 28.3. The van der Waals surface area contributed by atoms with Crippen molar-refractivity contribution in [3.05, 3.63) is 12.0 Å². The first-order chi connectivity index (χ1) is 5.22. The molecule has 0 aliphatic heterocycles. The fraction of sp³-hybridized carbons (Fsp3) is 0.778. The Bertz CT molecular complexity index is 112.